The van der Waals surface area contributed by atoms with Crippen LogP contribution in [0.4, 0.5) is 0 Å². The molecule has 1 aromatic carbocycles. The van der Waals surface area contributed by atoms with Gasteiger partial charge in [0.15, 0.2) is 0 Å². The standard InChI is InChI=1S/C13H19NS/c15-8-7-14-10-11-5-6-12-3-1-2-4-13(12)9-11/h5-6,9,14-15H,1-4,7-8,10H2. The zero-order valence-corrected chi connectivity index (χ0v) is 10.0. The number of thiol groups is 1. The maximum atomic E-state index is 4.18. The van der Waals surface area contributed by atoms with Gasteiger partial charge in [0.25, 0.3) is 0 Å². The van der Waals surface area contributed by atoms with Crippen molar-refractivity contribution in [2.75, 3.05) is 12.3 Å². The van der Waals surface area contributed by atoms with Crippen LogP contribution in [0.1, 0.15) is 29.5 Å². The van der Waals surface area contributed by atoms with Gasteiger partial charge < -0.3 is 5.32 Å². The number of benzene rings is 1. The molecule has 0 aromatic heterocycles. The van der Waals surface area contributed by atoms with Crippen LogP contribution in [0.25, 0.3) is 0 Å². The minimum Gasteiger partial charge on any atom is -0.312 e. The largest absolute Gasteiger partial charge is 0.312 e. The molecule has 15 heavy (non-hydrogen) atoms. The SMILES string of the molecule is SCCNCc1ccc2c(c1)CCCC2. The van der Waals surface area contributed by atoms with Crippen LogP contribution in [-0.2, 0) is 19.4 Å². The van der Waals surface area contributed by atoms with Crippen LogP contribution in [-0.4, -0.2) is 12.3 Å². The molecule has 0 unspecified atom stereocenters. The number of fused-ring (bicyclic) bond motifs is 1. The molecule has 0 radical (unpaired) electrons. The molecule has 1 aliphatic rings. The van der Waals surface area contributed by atoms with E-state index in [9.17, 15) is 0 Å². The normalized spacial score (nSPS) is 15.0. The Bertz CT molecular complexity index is 322. The highest BCUT2D eigenvalue weighted by Crippen LogP contribution is 2.22. The maximum absolute atomic E-state index is 4.18. The van der Waals surface area contributed by atoms with Crippen LogP contribution in [0.5, 0.6) is 0 Å². The molecule has 1 N–H and O–H groups in total. The van der Waals surface area contributed by atoms with E-state index in [4.69, 9.17) is 0 Å². The van der Waals surface area contributed by atoms with Gasteiger partial charge in [0.2, 0.25) is 0 Å². The van der Waals surface area contributed by atoms with Gasteiger partial charge in [0.1, 0.15) is 0 Å². The van der Waals surface area contributed by atoms with Gasteiger partial charge in [-0.15, -0.1) is 0 Å². The fraction of sp³-hybridized carbons (Fsp3) is 0.538. The van der Waals surface area contributed by atoms with Gasteiger partial charge in [-0.2, -0.15) is 12.6 Å². The van der Waals surface area contributed by atoms with Crippen LogP contribution >= 0.6 is 12.6 Å². The van der Waals surface area contributed by atoms with Gasteiger partial charge in [-0.3, -0.25) is 0 Å². The Kier molecular flexibility index (Phi) is 4.09. The lowest BCUT2D eigenvalue weighted by atomic mass is 9.90. The molecule has 0 heterocycles. The quantitative estimate of drug-likeness (QED) is 0.588. The number of rotatable bonds is 4. The van der Waals surface area contributed by atoms with E-state index in [2.05, 4.69) is 36.1 Å². The first-order chi connectivity index (χ1) is 7.40. The monoisotopic (exact) mass is 221 g/mol. The van der Waals surface area contributed by atoms with Crippen LogP contribution in [0.3, 0.4) is 0 Å². The minimum atomic E-state index is 0.908. The fourth-order valence-corrected chi connectivity index (χ4v) is 2.37. The maximum Gasteiger partial charge on any atom is 0.0205 e. The predicted octanol–water partition coefficient (Wildman–Crippen LogP) is 2.58. The van der Waals surface area contributed by atoms with Crippen molar-refractivity contribution in [3.8, 4) is 0 Å². The van der Waals surface area contributed by atoms with Gasteiger partial charge in [-0.25, -0.2) is 0 Å². The number of nitrogens with one attached hydrogen (secondary N) is 1. The Morgan fingerprint density at radius 3 is 2.73 bits per heavy atom. The zero-order valence-electron chi connectivity index (χ0n) is 9.13. The minimum absolute atomic E-state index is 0.908. The average molecular weight is 221 g/mol. The Hall–Kier alpha value is -0.470. The second-order valence-corrected chi connectivity index (χ2v) is 4.66. The summed E-state index contributed by atoms with van der Waals surface area (Å²) in [5, 5.41) is 3.38. The van der Waals surface area contributed by atoms with Gasteiger partial charge in [-0.05, 0) is 42.4 Å². The molecule has 0 amide bonds. The second-order valence-electron chi connectivity index (χ2n) is 4.21. The molecule has 0 saturated heterocycles. The van der Waals surface area contributed by atoms with Crippen LogP contribution in [0, 0.1) is 0 Å². The summed E-state index contributed by atoms with van der Waals surface area (Å²) < 4.78 is 0. The molecule has 0 aliphatic heterocycles. The summed E-state index contributed by atoms with van der Waals surface area (Å²) in [6, 6.07) is 6.95. The Morgan fingerprint density at radius 1 is 1.13 bits per heavy atom. The lowest BCUT2D eigenvalue weighted by Gasteiger charge is -2.16. The molecule has 0 fully saturated rings. The molecule has 0 saturated carbocycles. The highest BCUT2D eigenvalue weighted by Gasteiger charge is 2.08. The van der Waals surface area contributed by atoms with E-state index < -0.39 is 0 Å². The molecule has 1 aliphatic carbocycles. The first-order valence-corrected chi connectivity index (χ1v) is 6.45. The van der Waals surface area contributed by atoms with E-state index in [0.717, 1.165) is 18.8 Å². The van der Waals surface area contributed by atoms with Crippen molar-refractivity contribution in [3.05, 3.63) is 34.9 Å². The van der Waals surface area contributed by atoms with Crippen LogP contribution in [0.2, 0.25) is 0 Å². The van der Waals surface area contributed by atoms with E-state index in [1.807, 2.05) is 0 Å². The van der Waals surface area contributed by atoms with E-state index >= 15 is 0 Å². The Morgan fingerprint density at radius 2 is 1.93 bits per heavy atom. The summed E-state index contributed by atoms with van der Waals surface area (Å²) in [5.74, 6) is 0.908. The van der Waals surface area contributed by atoms with E-state index in [1.54, 1.807) is 11.1 Å². The summed E-state index contributed by atoms with van der Waals surface area (Å²) in [6.45, 7) is 1.97. The highest BCUT2D eigenvalue weighted by atomic mass is 32.1. The third-order valence-electron chi connectivity index (χ3n) is 3.03. The first kappa shape index (κ1) is 11.0. The van der Waals surface area contributed by atoms with Gasteiger partial charge in [0, 0.05) is 18.8 Å². The average Bonchev–Trinajstić information content (AvgIpc) is 2.29. The summed E-state index contributed by atoms with van der Waals surface area (Å²) in [5.41, 5.74) is 4.56. The Labute approximate surface area is 97.7 Å². The second kappa shape index (κ2) is 5.57. The third kappa shape index (κ3) is 2.99. The van der Waals surface area contributed by atoms with E-state index in [-0.39, 0.29) is 0 Å². The third-order valence-corrected chi connectivity index (χ3v) is 3.25. The Balaban J connectivity index is 2.00. The predicted molar refractivity (Wildman–Crippen MR) is 68.6 cm³/mol. The molecule has 0 atom stereocenters. The lowest BCUT2D eigenvalue weighted by molar-refractivity contribution is 0.679. The molecular formula is C13H19NS. The van der Waals surface area contributed by atoms with E-state index in [1.165, 1.54) is 31.2 Å². The van der Waals surface area contributed by atoms with Crippen LogP contribution < -0.4 is 5.32 Å². The summed E-state index contributed by atoms with van der Waals surface area (Å²) in [4.78, 5) is 0. The van der Waals surface area contributed by atoms with Gasteiger partial charge in [0.05, 0.1) is 0 Å². The number of hydrogen-bond donors (Lipinski definition) is 2. The number of hydrogen-bond acceptors (Lipinski definition) is 2. The number of aryl methyl sites for hydroxylation is 2. The topological polar surface area (TPSA) is 12.0 Å². The van der Waals surface area contributed by atoms with Crippen molar-refractivity contribution in [1.82, 2.24) is 5.32 Å². The molecule has 0 bridgehead atoms. The van der Waals surface area contributed by atoms with Crippen molar-refractivity contribution in [2.24, 2.45) is 0 Å². The van der Waals surface area contributed by atoms with Crippen LogP contribution in [0.15, 0.2) is 18.2 Å². The molecular weight excluding hydrogens is 202 g/mol. The van der Waals surface area contributed by atoms with Crippen molar-refractivity contribution in [2.45, 2.75) is 32.2 Å². The van der Waals surface area contributed by atoms with Crippen molar-refractivity contribution in [3.63, 3.8) is 0 Å². The summed E-state index contributed by atoms with van der Waals surface area (Å²) >= 11 is 4.18. The van der Waals surface area contributed by atoms with Crippen molar-refractivity contribution >= 4 is 12.6 Å². The molecule has 2 rings (SSSR count). The molecule has 1 nitrogen and oxygen atoms in total. The van der Waals surface area contributed by atoms with Crippen molar-refractivity contribution in [1.29, 1.82) is 0 Å². The first-order valence-electron chi connectivity index (χ1n) is 5.82. The van der Waals surface area contributed by atoms with Gasteiger partial charge in [-0.1, -0.05) is 18.2 Å². The van der Waals surface area contributed by atoms with E-state index in [0.29, 0.717) is 0 Å². The van der Waals surface area contributed by atoms with Gasteiger partial charge >= 0.3 is 0 Å². The van der Waals surface area contributed by atoms with Crippen molar-refractivity contribution < 1.29 is 0 Å². The summed E-state index contributed by atoms with van der Waals surface area (Å²) in [6.07, 6.45) is 5.28. The smallest absolute Gasteiger partial charge is 0.0205 e. The molecule has 2 heteroatoms. The zero-order chi connectivity index (χ0) is 10.5. The summed E-state index contributed by atoms with van der Waals surface area (Å²) in [7, 11) is 0. The molecule has 0 spiro atoms. The molecule has 1 aromatic rings. The lowest BCUT2D eigenvalue weighted by Crippen LogP contribution is -2.16. The molecule has 82 valence electrons. The fourth-order valence-electron chi connectivity index (χ4n) is 2.21. The highest BCUT2D eigenvalue weighted by molar-refractivity contribution is 7.80.